The lowest BCUT2D eigenvalue weighted by molar-refractivity contribution is -0.125. The van der Waals surface area contributed by atoms with Crippen molar-refractivity contribution in [3.05, 3.63) is 72.6 Å². The van der Waals surface area contributed by atoms with Gasteiger partial charge in [0.2, 0.25) is 5.91 Å². The summed E-state index contributed by atoms with van der Waals surface area (Å²) in [5.74, 6) is 0.942. The van der Waals surface area contributed by atoms with Gasteiger partial charge in [-0.3, -0.25) is 9.78 Å². The molecular weight excluding hydrogens is 362 g/mol. The zero-order valence-corrected chi connectivity index (χ0v) is 16.4. The van der Waals surface area contributed by atoms with E-state index in [1.54, 1.807) is 12.4 Å². The quantitative estimate of drug-likeness (QED) is 0.704. The van der Waals surface area contributed by atoms with Crippen molar-refractivity contribution in [2.24, 2.45) is 5.92 Å². The number of carbonyl (C=O) groups is 1. The van der Waals surface area contributed by atoms with Crippen LogP contribution < -0.4 is 10.2 Å². The second kappa shape index (κ2) is 9.28. The molecule has 2 aromatic heterocycles. The van der Waals surface area contributed by atoms with Crippen LogP contribution in [0.15, 0.2) is 67.0 Å². The molecule has 1 amide bonds. The number of hydrogen-bond donors (Lipinski definition) is 1. The fourth-order valence-corrected chi connectivity index (χ4v) is 3.69. The molecule has 0 aliphatic carbocycles. The molecule has 3 heterocycles. The van der Waals surface area contributed by atoms with Gasteiger partial charge in [-0.25, -0.2) is 0 Å². The van der Waals surface area contributed by atoms with E-state index in [-0.39, 0.29) is 11.8 Å². The Kier molecular flexibility index (Phi) is 6.10. The molecule has 0 saturated carbocycles. The van der Waals surface area contributed by atoms with Crippen molar-refractivity contribution in [1.82, 2.24) is 20.5 Å². The maximum atomic E-state index is 12.6. The molecule has 3 aromatic rings. The smallest absolute Gasteiger partial charge is 0.224 e. The molecule has 1 aliphatic heterocycles. The van der Waals surface area contributed by atoms with Crippen LogP contribution in [0.2, 0.25) is 0 Å². The van der Waals surface area contributed by atoms with Crippen LogP contribution in [-0.4, -0.2) is 40.7 Å². The Morgan fingerprint density at radius 2 is 1.86 bits per heavy atom. The number of amides is 1. The number of pyridine rings is 1. The van der Waals surface area contributed by atoms with Crippen molar-refractivity contribution in [2.75, 3.05) is 24.5 Å². The van der Waals surface area contributed by atoms with Gasteiger partial charge in [0.25, 0.3) is 0 Å². The molecule has 29 heavy (non-hydrogen) atoms. The molecule has 1 aliphatic rings. The van der Waals surface area contributed by atoms with Gasteiger partial charge >= 0.3 is 0 Å². The summed E-state index contributed by atoms with van der Waals surface area (Å²) in [6, 6.07) is 18.0. The average molecular weight is 387 g/mol. The minimum atomic E-state index is -0.0128. The van der Waals surface area contributed by atoms with Crippen molar-refractivity contribution in [3.63, 3.8) is 0 Å². The third-order valence-electron chi connectivity index (χ3n) is 5.30. The lowest BCUT2D eigenvalue weighted by Gasteiger charge is -2.32. The van der Waals surface area contributed by atoms with Crippen LogP contribution in [0, 0.1) is 5.92 Å². The molecule has 6 nitrogen and oxygen atoms in total. The van der Waals surface area contributed by atoms with Crippen molar-refractivity contribution >= 4 is 11.7 Å². The number of benzene rings is 1. The van der Waals surface area contributed by atoms with Crippen LogP contribution in [0.3, 0.4) is 0 Å². The Balaban J connectivity index is 1.32. The highest BCUT2D eigenvalue weighted by atomic mass is 16.1. The molecule has 4 rings (SSSR count). The molecule has 0 bridgehead atoms. The van der Waals surface area contributed by atoms with Gasteiger partial charge < -0.3 is 10.2 Å². The third kappa shape index (κ3) is 4.96. The first-order chi connectivity index (χ1) is 14.3. The Morgan fingerprint density at radius 3 is 2.62 bits per heavy atom. The zero-order chi connectivity index (χ0) is 19.9. The van der Waals surface area contributed by atoms with Crippen molar-refractivity contribution < 1.29 is 4.79 Å². The minimum absolute atomic E-state index is 0.0128. The molecule has 0 spiro atoms. The SMILES string of the molecule is O=C(NCCc1ccccc1)C1CCCN(c2ccc(-c3ccncc3)nn2)C1. The largest absolute Gasteiger partial charge is 0.355 e. The lowest BCUT2D eigenvalue weighted by atomic mass is 9.97. The van der Waals surface area contributed by atoms with Crippen molar-refractivity contribution in [1.29, 1.82) is 0 Å². The van der Waals surface area contributed by atoms with Gasteiger partial charge in [-0.05, 0) is 49.1 Å². The zero-order valence-electron chi connectivity index (χ0n) is 16.4. The van der Waals surface area contributed by atoms with E-state index in [9.17, 15) is 4.79 Å². The minimum Gasteiger partial charge on any atom is -0.355 e. The molecule has 1 atom stereocenters. The molecule has 1 unspecified atom stereocenters. The lowest BCUT2D eigenvalue weighted by Crippen LogP contribution is -2.43. The third-order valence-corrected chi connectivity index (χ3v) is 5.30. The summed E-state index contributed by atoms with van der Waals surface area (Å²) in [4.78, 5) is 18.8. The van der Waals surface area contributed by atoms with Crippen LogP contribution in [0.4, 0.5) is 5.82 Å². The van der Waals surface area contributed by atoms with Crippen LogP contribution in [-0.2, 0) is 11.2 Å². The number of piperidine rings is 1. The van der Waals surface area contributed by atoms with E-state index in [0.29, 0.717) is 13.1 Å². The monoisotopic (exact) mass is 387 g/mol. The van der Waals surface area contributed by atoms with Gasteiger partial charge in [0, 0.05) is 37.6 Å². The maximum absolute atomic E-state index is 12.6. The standard InChI is InChI=1S/C23H25N5O/c29-23(25-15-10-18-5-2-1-3-6-18)20-7-4-16-28(17-20)22-9-8-21(26-27-22)19-11-13-24-14-12-19/h1-3,5-6,8-9,11-14,20H,4,7,10,15-17H2,(H,25,29). The summed E-state index contributed by atoms with van der Waals surface area (Å²) < 4.78 is 0. The van der Waals surface area contributed by atoms with Crippen LogP contribution in [0.1, 0.15) is 18.4 Å². The van der Waals surface area contributed by atoms with E-state index in [2.05, 4.69) is 37.5 Å². The highest BCUT2D eigenvalue weighted by Gasteiger charge is 2.26. The van der Waals surface area contributed by atoms with Gasteiger partial charge in [-0.1, -0.05) is 30.3 Å². The van der Waals surface area contributed by atoms with Crippen LogP contribution >= 0.6 is 0 Å². The number of nitrogens with one attached hydrogen (secondary N) is 1. The molecular formula is C23H25N5O. The van der Waals surface area contributed by atoms with Gasteiger partial charge in [-0.2, -0.15) is 0 Å². The van der Waals surface area contributed by atoms with E-state index in [4.69, 9.17) is 0 Å². The van der Waals surface area contributed by atoms with Gasteiger partial charge in [-0.15, -0.1) is 10.2 Å². The first-order valence-electron chi connectivity index (χ1n) is 10.1. The summed E-state index contributed by atoms with van der Waals surface area (Å²) in [7, 11) is 0. The second-order valence-electron chi connectivity index (χ2n) is 7.32. The highest BCUT2D eigenvalue weighted by Crippen LogP contribution is 2.23. The Morgan fingerprint density at radius 1 is 1.03 bits per heavy atom. The van der Waals surface area contributed by atoms with E-state index in [1.807, 2.05) is 42.5 Å². The molecule has 1 saturated heterocycles. The molecule has 1 N–H and O–H groups in total. The number of aromatic nitrogens is 3. The van der Waals surface area contributed by atoms with Gasteiger partial charge in [0.05, 0.1) is 11.6 Å². The fraction of sp³-hybridized carbons (Fsp3) is 0.304. The first kappa shape index (κ1) is 19.1. The Labute approximate surface area is 171 Å². The Bertz CT molecular complexity index is 915. The summed E-state index contributed by atoms with van der Waals surface area (Å²) in [5, 5.41) is 11.9. The van der Waals surface area contributed by atoms with Gasteiger partial charge in [0.1, 0.15) is 0 Å². The highest BCUT2D eigenvalue weighted by molar-refractivity contribution is 5.79. The molecule has 6 heteroatoms. The summed E-state index contributed by atoms with van der Waals surface area (Å²) in [6.45, 7) is 2.25. The van der Waals surface area contributed by atoms with E-state index >= 15 is 0 Å². The summed E-state index contributed by atoms with van der Waals surface area (Å²) >= 11 is 0. The molecule has 1 fully saturated rings. The van der Waals surface area contributed by atoms with E-state index in [0.717, 1.165) is 42.9 Å². The molecule has 148 valence electrons. The molecule has 0 radical (unpaired) electrons. The second-order valence-corrected chi connectivity index (χ2v) is 7.32. The van der Waals surface area contributed by atoms with E-state index < -0.39 is 0 Å². The predicted octanol–water partition coefficient (Wildman–Crippen LogP) is 3.11. The Hall–Kier alpha value is -3.28. The van der Waals surface area contributed by atoms with Crippen molar-refractivity contribution in [3.8, 4) is 11.3 Å². The number of rotatable bonds is 6. The topological polar surface area (TPSA) is 71.0 Å². The van der Waals surface area contributed by atoms with E-state index in [1.165, 1.54) is 5.56 Å². The number of hydrogen-bond acceptors (Lipinski definition) is 5. The summed E-state index contributed by atoms with van der Waals surface area (Å²) in [6.07, 6.45) is 6.23. The predicted molar refractivity (Wildman–Crippen MR) is 113 cm³/mol. The normalized spacial score (nSPS) is 16.4. The number of nitrogens with zero attached hydrogens (tertiary/aromatic N) is 4. The van der Waals surface area contributed by atoms with Crippen molar-refractivity contribution in [2.45, 2.75) is 19.3 Å². The first-order valence-corrected chi connectivity index (χ1v) is 10.1. The van der Waals surface area contributed by atoms with Crippen LogP contribution in [0.25, 0.3) is 11.3 Å². The summed E-state index contributed by atoms with van der Waals surface area (Å²) in [5.41, 5.74) is 3.05. The fourth-order valence-electron chi connectivity index (χ4n) is 3.69. The maximum Gasteiger partial charge on any atom is 0.224 e. The average Bonchev–Trinajstić information content (AvgIpc) is 2.80. The van der Waals surface area contributed by atoms with Crippen LogP contribution in [0.5, 0.6) is 0 Å². The molecule has 1 aromatic carbocycles. The number of anilines is 1. The number of carbonyl (C=O) groups excluding carboxylic acids is 1. The van der Waals surface area contributed by atoms with Gasteiger partial charge in [0.15, 0.2) is 5.82 Å².